The van der Waals surface area contributed by atoms with E-state index in [1.165, 1.54) is 4.88 Å². The van der Waals surface area contributed by atoms with E-state index in [0.29, 0.717) is 22.7 Å². The van der Waals surface area contributed by atoms with Crippen LogP contribution in [0.4, 0.5) is 5.69 Å². The number of thiophene rings is 1. The molecule has 0 saturated heterocycles. The maximum absolute atomic E-state index is 11.7. The largest absolute Gasteiger partial charge is 0.464 e. The molecule has 0 saturated carbocycles. The van der Waals surface area contributed by atoms with Gasteiger partial charge in [-0.15, -0.1) is 11.3 Å². The Bertz CT molecular complexity index is 1090. The summed E-state index contributed by atoms with van der Waals surface area (Å²) in [5.41, 5.74) is 8.80. The van der Waals surface area contributed by atoms with Gasteiger partial charge in [-0.3, -0.25) is 4.79 Å². The molecule has 4 aromatic rings. The van der Waals surface area contributed by atoms with Gasteiger partial charge in [0, 0.05) is 10.4 Å². The number of nitrogens with zero attached hydrogens (tertiary/aromatic N) is 1. The predicted octanol–water partition coefficient (Wildman–Crippen LogP) is 5.28. The summed E-state index contributed by atoms with van der Waals surface area (Å²) in [6, 6.07) is 18.8. The van der Waals surface area contributed by atoms with Crippen molar-refractivity contribution in [2.75, 3.05) is 5.73 Å². The van der Waals surface area contributed by atoms with Gasteiger partial charge in [0.2, 0.25) is 5.88 Å². The lowest BCUT2D eigenvalue weighted by Gasteiger charge is -2.17. The van der Waals surface area contributed by atoms with Crippen molar-refractivity contribution in [3.8, 4) is 27.8 Å². The normalized spacial score (nSPS) is 11.9. The first-order chi connectivity index (χ1) is 13.7. The Morgan fingerprint density at radius 3 is 2.61 bits per heavy atom. The Morgan fingerprint density at radius 1 is 1.14 bits per heavy atom. The first-order valence-electron chi connectivity index (χ1n) is 8.74. The Hall–Kier alpha value is -3.38. The molecule has 140 valence electrons. The Balaban J connectivity index is 1.81. The summed E-state index contributed by atoms with van der Waals surface area (Å²) in [6.45, 7) is 2.04. The number of aldehydes is 1. The molecule has 0 radical (unpaired) electrons. The molecule has 3 aromatic heterocycles. The summed E-state index contributed by atoms with van der Waals surface area (Å²) < 4.78 is 11.5. The number of anilines is 1. The first kappa shape index (κ1) is 18.0. The van der Waals surface area contributed by atoms with E-state index < -0.39 is 6.10 Å². The Morgan fingerprint density at radius 2 is 1.96 bits per heavy atom. The molecule has 5 nitrogen and oxygen atoms in total. The van der Waals surface area contributed by atoms with E-state index in [0.717, 1.165) is 16.7 Å². The molecule has 0 spiro atoms. The molecule has 0 bridgehead atoms. The van der Waals surface area contributed by atoms with Gasteiger partial charge in [-0.05, 0) is 42.8 Å². The molecule has 28 heavy (non-hydrogen) atoms. The number of nitrogen functional groups attached to an aromatic ring is 1. The number of pyridine rings is 1. The second-order valence-corrected chi connectivity index (χ2v) is 7.53. The fraction of sp³-hybridized carbons (Fsp3) is 0.0909. The summed E-state index contributed by atoms with van der Waals surface area (Å²) in [6.07, 6.45) is 1.52. The molecule has 0 aliphatic rings. The molecular weight excluding hydrogens is 372 g/mol. The van der Waals surface area contributed by atoms with Crippen LogP contribution in [0.3, 0.4) is 0 Å². The molecule has 0 aliphatic heterocycles. The number of rotatable bonds is 6. The van der Waals surface area contributed by atoms with Crippen molar-refractivity contribution in [1.82, 2.24) is 4.98 Å². The van der Waals surface area contributed by atoms with Crippen molar-refractivity contribution in [1.29, 1.82) is 0 Å². The monoisotopic (exact) mass is 390 g/mol. The quantitative estimate of drug-likeness (QED) is 0.453. The van der Waals surface area contributed by atoms with Crippen LogP contribution in [-0.4, -0.2) is 11.3 Å². The maximum atomic E-state index is 11.7. The minimum Gasteiger partial charge on any atom is -0.464 e. The SMILES string of the molecule is Cc1ccc(-c2cc(-c3ccco3)c(N)c(OC(C=O)c3ccccc3)n2)s1. The van der Waals surface area contributed by atoms with Gasteiger partial charge < -0.3 is 14.9 Å². The van der Waals surface area contributed by atoms with E-state index in [1.807, 2.05) is 61.5 Å². The van der Waals surface area contributed by atoms with Gasteiger partial charge in [0.05, 0.1) is 16.8 Å². The number of nitrogens with two attached hydrogens (primary N) is 1. The third-order valence-corrected chi connectivity index (χ3v) is 5.32. The van der Waals surface area contributed by atoms with Crippen LogP contribution >= 0.6 is 11.3 Å². The minimum atomic E-state index is -0.805. The van der Waals surface area contributed by atoms with Crippen molar-refractivity contribution in [3.05, 3.63) is 77.4 Å². The zero-order valence-electron chi connectivity index (χ0n) is 15.2. The molecule has 6 heteroatoms. The van der Waals surface area contributed by atoms with Crippen LogP contribution in [-0.2, 0) is 4.79 Å². The highest BCUT2D eigenvalue weighted by Crippen LogP contribution is 2.39. The smallest absolute Gasteiger partial charge is 0.239 e. The van der Waals surface area contributed by atoms with Crippen molar-refractivity contribution in [3.63, 3.8) is 0 Å². The van der Waals surface area contributed by atoms with Gasteiger partial charge in [0.15, 0.2) is 12.4 Å². The average Bonchev–Trinajstić information content (AvgIpc) is 3.40. The summed E-state index contributed by atoms with van der Waals surface area (Å²) in [4.78, 5) is 18.4. The molecule has 0 aliphatic carbocycles. The summed E-state index contributed by atoms with van der Waals surface area (Å²) in [5.74, 6) is 0.817. The lowest BCUT2D eigenvalue weighted by atomic mass is 10.1. The highest BCUT2D eigenvalue weighted by atomic mass is 32.1. The molecule has 1 unspecified atom stereocenters. The van der Waals surface area contributed by atoms with Gasteiger partial charge in [0.1, 0.15) is 11.4 Å². The molecule has 1 aromatic carbocycles. The first-order valence-corrected chi connectivity index (χ1v) is 9.55. The summed E-state index contributed by atoms with van der Waals surface area (Å²) in [7, 11) is 0. The zero-order valence-corrected chi connectivity index (χ0v) is 16.0. The van der Waals surface area contributed by atoms with E-state index in [-0.39, 0.29) is 5.88 Å². The third kappa shape index (κ3) is 3.54. The van der Waals surface area contributed by atoms with Crippen molar-refractivity contribution < 1.29 is 13.9 Å². The summed E-state index contributed by atoms with van der Waals surface area (Å²) in [5, 5.41) is 0. The van der Waals surface area contributed by atoms with E-state index in [2.05, 4.69) is 4.98 Å². The number of carbonyl (C=O) groups excluding carboxylic acids is 1. The van der Waals surface area contributed by atoms with Gasteiger partial charge in [-0.25, -0.2) is 4.98 Å². The van der Waals surface area contributed by atoms with Crippen LogP contribution in [0.5, 0.6) is 5.88 Å². The maximum Gasteiger partial charge on any atom is 0.239 e. The number of hydrogen-bond donors (Lipinski definition) is 1. The van der Waals surface area contributed by atoms with Crippen LogP contribution in [0, 0.1) is 6.92 Å². The van der Waals surface area contributed by atoms with Gasteiger partial charge in [-0.2, -0.15) is 0 Å². The lowest BCUT2D eigenvalue weighted by Crippen LogP contribution is -2.12. The minimum absolute atomic E-state index is 0.205. The molecule has 2 N–H and O–H groups in total. The molecule has 1 atom stereocenters. The van der Waals surface area contributed by atoms with E-state index in [9.17, 15) is 4.79 Å². The van der Waals surface area contributed by atoms with Gasteiger partial charge >= 0.3 is 0 Å². The van der Waals surface area contributed by atoms with E-state index in [4.69, 9.17) is 14.9 Å². The van der Waals surface area contributed by atoms with Gasteiger partial charge in [0.25, 0.3) is 0 Å². The molecule has 0 fully saturated rings. The lowest BCUT2D eigenvalue weighted by molar-refractivity contribution is -0.114. The van der Waals surface area contributed by atoms with Crippen molar-refractivity contribution in [2.24, 2.45) is 0 Å². The average molecular weight is 390 g/mol. The Labute approximate surface area is 166 Å². The predicted molar refractivity (Wildman–Crippen MR) is 110 cm³/mol. The van der Waals surface area contributed by atoms with E-state index >= 15 is 0 Å². The number of aromatic nitrogens is 1. The van der Waals surface area contributed by atoms with Gasteiger partial charge in [-0.1, -0.05) is 30.3 Å². The zero-order chi connectivity index (χ0) is 19.5. The Kier molecular flexibility index (Phi) is 4.95. The second-order valence-electron chi connectivity index (χ2n) is 6.25. The number of carbonyl (C=O) groups is 1. The molecular formula is C22H18N2O3S. The van der Waals surface area contributed by atoms with Crippen LogP contribution in [0.2, 0.25) is 0 Å². The van der Waals surface area contributed by atoms with Crippen molar-refractivity contribution >= 4 is 23.3 Å². The highest BCUT2D eigenvalue weighted by Gasteiger charge is 2.20. The number of furan rings is 1. The number of ether oxygens (including phenoxy) is 1. The second kappa shape index (κ2) is 7.70. The topological polar surface area (TPSA) is 78.4 Å². The summed E-state index contributed by atoms with van der Waals surface area (Å²) >= 11 is 1.62. The van der Waals surface area contributed by atoms with Crippen LogP contribution in [0.25, 0.3) is 21.9 Å². The number of hydrogen-bond acceptors (Lipinski definition) is 6. The van der Waals surface area contributed by atoms with Crippen LogP contribution < -0.4 is 10.5 Å². The molecule has 3 heterocycles. The number of aryl methyl sites for hydroxylation is 1. The van der Waals surface area contributed by atoms with E-state index in [1.54, 1.807) is 23.7 Å². The standard InChI is InChI=1S/C22H18N2O3S/c1-14-9-10-20(28-14)17-12-16(18-8-5-11-26-18)21(23)22(24-17)27-19(13-25)15-6-3-2-4-7-15/h2-13,19H,23H2,1H3. The fourth-order valence-electron chi connectivity index (χ4n) is 2.89. The molecule has 4 rings (SSSR count). The van der Waals surface area contributed by atoms with Crippen LogP contribution in [0.1, 0.15) is 16.5 Å². The van der Waals surface area contributed by atoms with Crippen LogP contribution in [0.15, 0.2) is 71.3 Å². The fourth-order valence-corrected chi connectivity index (χ4v) is 3.72. The highest BCUT2D eigenvalue weighted by molar-refractivity contribution is 7.15. The third-order valence-electron chi connectivity index (χ3n) is 4.29. The number of benzene rings is 1. The van der Waals surface area contributed by atoms with Crippen molar-refractivity contribution in [2.45, 2.75) is 13.0 Å². The molecule has 0 amide bonds.